The van der Waals surface area contributed by atoms with E-state index in [9.17, 15) is 17.6 Å². The van der Waals surface area contributed by atoms with Crippen LogP contribution in [0.15, 0.2) is 42.5 Å². The van der Waals surface area contributed by atoms with Crippen molar-refractivity contribution in [1.82, 2.24) is 4.90 Å². The molecular weight excluding hydrogens is 413 g/mol. The third-order valence-corrected chi connectivity index (χ3v) is 7.40. The Morgan fingerprint density at radius 1 is 1.17 bits per heavy atom. The average Bonchev–Trinajstić information content (AvgIpc) is 3.00. The highest BCUT2D eigenvalue weighted by Crippen LogP contribution is 2.28. The minimum atomic E-state index is -3.22. The fraction of sp³-hybridized carbons (Fsp3) is 0.409. The van der Waals surface area contributed by atoms with Gasteiger partial charge in [0.25, 0.3) is 5.91 Å². The summed E-state index contributed by atoms with van der Waals surface area (Å²) in [7, 11) is -3.22. The number of carbonyl (C=O) groups excluding carboxylic acids is 1. The normalized spacial score (nSPS) is 18.6. The predicted molar refractivity (Wildman–Crippen MR) is 113 cm³/mol. The van der Waals surface area contributed by atoms with Gasteiger partial charge in [-0.25, -0.2) is 12.8 Å². The second-order valence-corrected chi connectivity index (χ2v) is 11.2. The number of hydrogen-bond donors (Lipinski definition) is 0. The quantitative estimate of drug-likeness (QED) is 0.702. The summed E-state index contributed by atoms with van der Waals surface area (Å²) >= 11 is 6.16. The summed E-state index contributed by atoms with van der Waals surface area (Å²) in [5.74, 6) is -0.938. The van der Waals surface area contributed by atoms with Crippen molar-refractivity contribution in [2.24, 2.45) is 0 Å². The van der Waals surface area contributed by atoms with Gasteiger partial charge in [-0.2, -0.15) is 0 Å². The van der Waals surface area contributed by atoms with E-state index in [-0.39, 0.29) is 40.0 Å². The zero-order chi connectivity index (χ0) is 21.4. The predicted octanol–water partition coefficient (Wildman–Crippen LogP) is 4.61. The third-order valence-electron chi connectivity index (χ3n) is 5.30. The molecule has 0 saturated carbocycles. The Bertz CT molecular complexity index is 993. The zero-order valence-corrected chi connectivity index (χ0v) is 18.4. The van der Waals surface area contributed by atoms with Crippen molar-refractivity contribution in [3.63, 3.8) is 0 Å². The average molecular weight is 438 g/mol. The second-order valence-electron chi connectivity index (χ2n) is 8.52. The minimum absolute atomic E-state index is 0.0232. The number of nitrogens with zero attached hydrogens (tertiary/aromatic N) is 1. The Balaban J connectivity index is 1.95. The summed E-state index contributed by atoms with van der Waals surface area (Å²) in [6, 6.07) is 11.1. The molecule has 0 spiro atoms. The number of benzene rings is 2. The maximum Gasteiger partial charge on any atom is 0.254 e. The van der Waals surface area contributed by atoms with Crippen molar-refractivity contribution in [1.29, 1.82) is 0 Å². The standard InChI is InChI=1S/C22H25ClFNO3S/c1-22(2,3)16-9-7-15(8-10-16)21(26)25(17-11-12-29(27,28)14-17)13-18-19(23)5-4-6-20(18)24/h4-10,17H,11-14H2,1-3H3. The van der Waals surface area contributed by atoms with Crippen LogP contribution in [0.25, 0.3) is 0 Å². The molecule has 1 heterocycles. The van der Waals surface area contributed by atoms with Gasteiger partial charge < -0.3 is 4.90 Å². The molecule has 1 unspecified atom stereocenters. The van der Waals surface area contributed by atoms with Gasteiger partial charge in [0.15, 0.2) is 9.84 Å². The Hall–Kier alpha value is -1.92. The first-order valence-corrected chi connectivity index (χ1v) is 11.7. The van der Waals surface area contributed by atoms with Crippen molar-refractivity contribution in [2.45, 2.75) is 45.2 Å². The van der Waals surface area contributed by atoms with Crippen LogP contribution in [0, 0.1) is 5.82 Å². The molecule has 156 valence electrons. The smallest absolute Gasteiger partial charge is 0.254 e. The van der Waals surface area contributed by atoms with Crippen LogP contribution in [0.2, 0.25) is 5.02 Å². The lowest BCUT2D eigenvalue weighted by molar-refractivity contribution is 0.0679. The van der Waals surface area contributed by atoms with Gasteiger partial charge in [-0.1, -0.05) is 50.6 Å². The van der Waals surface area contributed by atoms with Gasteiger partial charge in [-0.15, -0.1) is 0 Å². The molecule has 0 bridgehead atoms. The Morgan fingerprint density at radius 2 is 1.83 bits per heavy atom. The Morgan fingerprint density at radius 3 is 2.34 bits per heavy atom. The molecule has 0 radical (unpaired) electrons. The fourth-order valence-electron chi connectivity index (χ4n) is 3.52. The van der Waals surface area contributed by atoms with Crippen LogP contribution >= 0.6 is 11.6 Å². The van der Waals surface area contributed by atoms with E-state index >= 15 is 0 Å². The number of halogens is 2. The van der Waals surface area contributed by atoms with Gasteiger partial charge in [0.2, 0.25) is 0 Å². The van der Waals surface area contributed by atoms with Crippen molar-refractivity contribution in [3.8, 4) is 0 Å². The summed E-state index contributed by atoms with van der Waals surface area (Å²) in [5.41, 5.74) is 1.66. The molecule has 29 heavy (non-hydrogen) atoms. The molecule has 4 nitrogen and oxygen atoms in total. The third kappa shape index (κ3) is 4.98. The van der Waals surface area contributed by atoms with Gasteiger partial charge in [0, 0.05) is 22.2 Å². The first-order valence-electron chi connectivity index (χ1n) is 9.53. The molecule has 1 aliphatic rings. The number of hydrogen-bond acceptors (Lipinski definition) is 3. The zero-order valence-electron chi connectivity index (χ0n) is 16.8. The van der Waals surface area contributed by atoms with Crippen LogP contribution in [-0.2, 0) is 21.8 Å². The number of carbonyl (C=O) groups is 1. The highest BCUT2D eigenvalue weighted by atomic mass is 35.5. The number of amides is 1. The molecule has 2 aromatic carbocycles. The van der Waals surface area contributed by atoms with Crippen molar-refractivity contribution < 1.29 is 17.6 Å². The monoisotopic (exact) mass is 437 g/mol. The highest BCUT2D eigenvalue weighted by molar-refractivity contribution is 7.91. The number of sulfone groups is 1. The maximum atomic E-state index is 14.4. The molecule has 3 rings (SSSR count). The van der Waals surface area contributed by atoms with E-state index in [1.54, 1.807) is 18.2 Å². The lowest BCUT2D eigenvalue weighted by Gasteiger charge is -2.29. The van der Waals surface area contributed by atoms with E-state index in [4.69, 9.17) is 11.6 Å². The first-order chi connectivity index (χ1) is 13.5. The van der Waals surface area contributed by atoms with Crippen LogP contribution < -0.4 is 0 Å². The van der Waals surface area contributed by atoms with Crippen LogP contribution in [0.1, 0.15) is 48.7 Å². The molecule has 1 aliphatic heterocycles. The Labute approximate surface area is 176 Å². The minimum Gasteiger partial charge on any atom is -0.330 e. The summed E-state index contributed by atoms with van der Waals surface area (Å²) in [6.45, 7) is 6.17. The van der Waals surface area contributed by atoms with E-state index in [2.05, 4.69) is 20.8 Å². The van der Waals surface area contributed by atoms with Gasteiger partial charge in [0.1, 0.15) is 5.82 Å². The van der Waals surface area contributed by atoms with E-state index in [0.717, 1.165) is 5.56 Å². The number of rotatable bonds is 4. The molecule has 0 N–H and O–H groups in total. The largest absolute Gasteiger partial charge is 0.330 e. The topological polar surface area (TPSA) is 54.5 Å². The lowest BCUT2D eigenvalue weighted by atomic mass is 9.86. The summed E-state index contributed by atoms with van der Waals surface area (Å²) < 4.78 is 38.4. The van der Waals surface area contributed by atoms with E-state index in [0.29, 0.717) is 12.0 Å². The van der Waals surface area contributed by atoms with Crippen molar-refractivity contribution in [3.05, 3.63) is 70.0 Å². The van der Waals surface area contributed by atoms with Crippen LogP contribution in [0.4, 0.5) is 4.39 Å². The van der Waals surface area contributed by atoms with Crippen molar-refractivity contribution in [2.75, 3.05) is 11.5 Å². The second kappa shape index (κ2) is 8.07. The van der Waals surface area contributed by atoms with E-state index in [1.165, 1.54) is 17.0 Å². The molecule has 7 heteroatoms. The van der Waals surface area contributed by atoms with Crippen molar-refractivity contribution >= 4 is 27.3 Å². The molecule has 1 saturated heterocycles. The molecule has 0 aromatic heterocycles. The van der Waals surface area contributed by atoms with Gasteiger partial charge in [-0.05, 0) is 41.7 Å². The van der Waals surface area contributed by atoms with E-state index < -0.39 is 21.7 Å². The molecule has 1 amide bonds. The van der Waals surface area contributed by atoms with Crippen LogP contribution in [-0.4, -0.2) is 36.8 Å². The Kier molecular flexibility index (Phi) is 6.06. The molecule has 0 aliphatic carbocycles. The van der Waals surface area contributed by atoms with Crippen LogP contribution in [0.5, 0.6) is 0 Å². The molecular formula is C22H25ClFNO3S. The maximum absolute atomic E-state index is 14.4. The van der Waals surface area contributed by atoms with Crippen LogP contribution in [0.3, 0.4) is 0 Å². The molecule has 1 atom stereocenters. The van der Waals surface area contributed by atoms with Gasteiger partial charge in [0.05, 0.1) is 18.1 Å². The first kappa shape index (κ1) is 21.8. The summed E-state index contributed by atoms with van der Waals surface area (Å²) in [5, 5.41) is 0.215. The molecule has 2 aromatic rings. The lowest BCUT2D eigenvalue weighted by Crippen LogP contribution is -2.41. The summed E-state index contributed by atoms with van der Waals surface area (Å²) in [6.07, 6.45) is 0.334. The molecule has 1 fully saturated rings. The van der Waals surface area contributed by atoms with Gasteiger partial charge >= 0.3 is 0 Å². The fourth-order valence-corrected chi connectivity index (χ4v) is 5.47. The van der Waals surface area contributed by atoms with E-state index in [1.807, 2.05) is 12.1 Å². The van der Waals surface area contributed by atoms with Gasteiger partial charge in [-0.3, -0.25) is 4.79 Å². The summed E-state index contributed by atoms with van der Waals surface area (Å²) in [4.78, 5) is 14.7. The highest BCUT2D eigenvalue weighted by Gasteiger charge is 2.35. The SMILES string of the molecule is CC(C)(C)c1ccc(C(=O)N(Cc2c(F)cccc2Cl)C2CCS(=O)(=O)C2)cc1.